The molecule has 31 heavy (non-hydrogen) atoms. The number of halogens is 2. The fourth-order valence-electron chi connectivity index (χ4n) is 4.23. The number of rotatable bonds is 7. The minimum Gasteiger partial charge on any atom is -0.496 e. The van der Waals surface area contributed by atoms with E-state index in [4.69, 9.17) is 21.1 Å². The van der Waals surface area contributed by atoms with Crippen LogP contribution in [0, 0.1) is 0 Å². The van der Waals surface area contributed by atoms with Crippen LogP contribution in [0.15, 0.2) is 18.2 Å². The Morgan fingerprint density at radius 3 is 2.48 bits per heavy atom. The lowest BCUT2D eigenvalue weighted by molar-refractivity contribution is 0.000253. The van der Waals surface area contributed by atoms with Gasteiger partial charge in [0.15, 0.2) is 5.78 Å². The second-order valence-corrected chi connectivity index (χ2v) is 9.81. The lowest BCUT2D eigenvalue weighted by Gasteiger charge is -2.38. The number of carbonyl (C=O) groups excluding carboxylic acids is 2. The first-order valence-corrected chi connectivity index (χ1v) is 11.1. The molecule has 1 aromatic carbocycles. The molecule has 1 aromatic rings. The molecule has 0 aromatic heterocycles. The van der Waals surface area contributed by atoms with Gasteiger partial charge in [-0.25, -0.2) is 4.79 Å². The lowest BCUT2D eigenvalue weighted by Crippen LogP contribution is -2.49. The highest BCUT2D eigenvalue weighted by molar-refractivity contribution is 6.31. The van der Waals surface area contributed by atoms with Gasteiger partial charge in [-0.05, 0) is 58.4 Å². The van der Waals surface area contributed by atoms with Crippen molar-refractivity contribution in [3.63, 3.8) is 0 Å². The van der Waals surface area contributed by atoms with E-state index in [1.807, 2.05) is 25.7 Å². The van der Waals surface area contributed by atoms with Crippen molar-refractivity contribution in [1.29, 1.82) is 0 Å². The number of ketones is 1. The highest BCUT2D eigenvalue weighted by atomic mass is 35.5. The van der Waals surface area contributed by atoms with Crippen LogP contribution in [0.2, 0.25) is 5.02 Å². The zero-order valence-corrected chi connectivity index (χ0v) is 20.5. The molecule has 0 bridgehead atoms. The Hall–Kier alpha value is -1.50. The normalized spacial score (nSPS) is 18.6. The molecule has 1 amide bonds. The van der Waals surface area contributed by atoms with Crippen LogP contribution in [0.1, 0.15) is 63.2 Å². The Morgan fingerprint density at radius 1 is 1.23 bits per heavy atom. The summed E-state index contributed by atoms with van der Waals surface area (Å²) in [6, 6.07) is 5.13. The first-order chi connectivity index (χ1) is 14.1. The molecule has 0 N–H and O–H groups in total. The van der Waals surface area contributed by atoms with Gasteiger partial charge in [0.25, 0.3) is 0 Å². The molecule has 2 aliphatic rings. The van der Waals surface area contributed by atoms with Crippen molar-refractivity contribution >= 4 is 35.9 Å². The lowest BCUT2D eigenvalue weighted by atomic mass is 9.90. The predicted molar refractivity (Wildman–Crippen MR) is 125 cm³/mol. The highest BCUT2D eigenvalue weighted by Crippen LogP contribution is 2.36. The van der Waals surface area contributed by atoms with Gasteiger partial charge in [0, 0.05) is 42.9 Å². The topological polar surface area (TPSA) is 59.1 Å². The third kappa shape index (κ3) is 6.27. The van der Waals surface area contributed by atoms with Crippen LogP contribution in [0.4, 0.5) is 4.79 Å². The summed E-state index contributed by atoms with van der Waals surface area (Å²) in [5.41, 5.74) is 0.00643. The summed E-state index contributed by atoms with van der Waals surface area (Å²) in [4.78, 5) is 29.1. The van der Waals surface area contributed by atoms with Crippen molar-refractivity contribution in [2.24, 2.45) is 0 Å². The molecule has 174 valence electrons. The summed E-state index contributed by atoms with van der Waals surface area (Å²) in [6.07, 6.45) is 3.80. The number of nitrogens with zero attached hydrogens (tertiary/aromatic N) is 2. The molecule has 0 saturated carbocycles. The Balaban J connectivity index is 0.00000341. The van der Waals surface area contributed by atoms with Crippen molar-refractivity contribution in [2.45, 2.75) is 64.0 Å². The molecular weight excluding hydrogens is 439 g/mol. The zero-order valence-electron chi connectivity index (χ0n) is 18.9. The maximum Gasteiger partial charge on any atom is 0.410 e. The number of likely N-dealkylation sites (tertiary alicyclic amines) is 1. The van der Waals surface area contributed by atoms with Gasteiger partial charge < -0.3 is 14.4 Å². The van der Waals surface area contributed by atoms with Gasteiger partial charge in [-0.15, -0.1) is 12.4 Å². The molecule has 0 radical (unpaired) electrons. The predicted octanol–water partition coefficient (Wildman–Crippen LogP) is 5.21. The van der Waals surface area contributed by atoms with Gasteiger partial charge in [0.05, 0.1) is 19.2 Å². The Morgan fingerprint density at radius 2 is 1.90 bits per heavy atom. The van der Waals surface area contributed by atoms with E-state index in [0.29, 0.717) is 29.3 Å². The SMILES string of the molecule is COc1ccc(Cl)cc1C(=O)CCCCN1CCC2(CC1)CN(C(C)(C)C)C(=O)O2.Cl. The third-order valence-electron chi connectivity index (χ3n) is 6.14. The van der Waals surface area contributed by atoms with Gasteiger partial charge in [-0.1, -0.05) is 11.6 Å². The summed E-state index contributed by atoms with van der Waals surface area (Å²) < 4.78 is 11.1. The van der Waals surface area contributed by atoms with Crippen LogP contribution < -0.4 is 4.74 Å². The fraction of sp³-hybridized carbons (Fsp3) is 0.652. The van der Waals surface area contributed by atoms with E-state index < -0.39 is 0 Å². The summed E-state index contributed by atoms with van der Waals surface area (Å²) in [5.74, 6) is 0.633. The number of piperidine rings is 1. The van der Waals surface area contributed by atoms with E-state index in [1.54, 1.807) is 25.3 Å². The summed E-state index contributed by atoms with van der Waals surface area (Å²) in [5, 5.41) is 0.541. The van der Waals surface area contributed by atoms with Crippen LogP contribution >= 0.6 is 24.0 Å². The maximum atomic E-state index is 12.5. The number of hydrogen-bond donors (Lipinski definition) is 0. The van der Waals surface area contributed by atoms with E-state index in [-0.39, 0.29) is 35.4 Å². The van der Waals surface area contributed by atoms with E-state index in [2.05, 4.69) is 4.90 Å². The molecule has 3 rings (SSSR count). The quantitative estimate of drug-likeness (QED) is 0.402. The number of amides is 1. The van der Waals surface area contributed by atoms with Gasteiger partial charge in [-0.2, -0.15) is 0 Å². The van der Waals surface area contributed by atoms with E-state index in [9.17, 15) is 9.59 Å². The Labute approximate surface area is 196 Å². The monoisotopic (exact) mass is 472 g/mol. The van der Waals surface area contributed by atoms with Crippen LogP contribution in [0.5, 0.6) is 5.75 Å². The fourth-order valence-corrected chi connectivity index (χ4v) is 4.41. The first-order valence-electron chi connectivity index (χ1n) is 10.7. The number of benzene rings is 1. The van der Waals surface area contributed by atoms with Crippen molar-refractivity contribution in [3.05, 3.63) is 28.8 Å². The van der Waals surface area contributed by atoms with Gasteiger partial charge in [-0.3, -0.25) is 9.69 Å². The molecular formula is C23H34Cl2N2O4. The van der Waals surface area contributed by atoms with E-state index in [1.165, 1.54) is 0 Å². The maximum absolute atomic E-state index is 12.5. The number of carbonyl (C=O) groups is 2. The average molecular weight is 473 g/mol. The standard InChI is InChI=1S/C23H33ClN2O4.ClH/c1-22(2,3)26-16-23(30-21(26)28)10-13-25(14-11-23)12-6-5-7-19(27)18-15-17(24)8-9-20(18)29-4;/h8-9,15H,5-7,10-14,16H2,1-4H3;1H. The smallest absolute Gasteiger partial charge is 0.410 e. The van der Waals surface area contributed by atoms with Gasteiger partial charge >= 0.3 is 6.09 Å². The molecule has 8 heteroatoms. The number of ether oxygens (including phenoxy) is 2. The minimum absolute atomic E-state index is 0. The number of hydrogen-bond acceptors (Lipinski definition) is 5. The van der Waals surface area contributed by atoms with Crippen molar-refractivity contribution in [3.8, 4) is 5.75 Å². The number of methoxy groups -OCH3 is 1. The van der Waals surface area contributed by atoms with Crippen LogP contribution in [-0.4, -0.2) is 66.1 Å². The molecule has 2 heterocycles. The molecule has 2 fully saturated rings. The van der Waals surface area contributed by atoms with Crippen LogP contribution in [0.3, 0.4) is 0 Å². The average Bonchev–Trinajstić information content (AvgIpc) is 3.03. The first kappa shape index (κ1) is 25.8. The molecule has 2 aliphatic heterocycles. The minimum atomic E-state index is -0.333. The molecule has 0 unspecified atom stereocenters. The number of Topliss-reactive ketones (excluding diaryl/α,β-unsaturated/α-hetero) is 1. The van der Waals surface area contributed by atoms with Gasteiger partial charge in [0.2, 0.25) is 0 Å². The number of unbranched alkanes of at least 4 members (excludes halogenated alkanes) is 1. The summed E-state index contributed by atoms with van der Waals surface area (Å²) in [7, 11) is 1.56. The third-order valence-corrected chi connectivity index (χ3v) is 6.37. The summed E-state index contributed by atoms with van der Waals surface area (Å²) in [6.45, 7) is 9.60. The molecule has 0 aliphatic carbocycles. The molecule has 0 atom stereocenters. The Kier molecular flexibility index (Phi) is 8.65. The Bertz CT molecular complexity index is 786. The molecule has 1 spiro atoms. The highest BCUT2D eigenvalue weighted by Gasteiger charge is 2.49. The molecule has 2 saturated heterocycles. The molecule has 6 nitrogen and oxygen atoms in total. The van der Waals surface area contributed by atoms with Crippen LogP contribution in [-0.2, 0) is 4.74 Å². The van der Waals surface area contributed by atoms with Crippen molar-refractivity contribution in [2.75, 3.05) is 33.3 Å². The second kappa shape index (κ2) is 10.4. The van der Waals surface area contributed by atoms with Crippen LogP contribution in [0.25, 0.3) is 0 Å². The second-order valence-electron chi connectivity index (χ2n) is 9.37. The zero-order chi connectivity index (χ0) is 21.9. The van der Waals surface area contributed by atoms with E-state index >= 15 is 0 Å². The van der Waals surface area contributed by atoms with E-state index in [0.717, 1.165) is 45.3 Å². The summed E-state index contributed by atoms with van der Waals surface area (Å²) >= 11 is 6.03. The van der Waals surface area contributed by atoms with Crippen molar-refractivity contribution in [1.82, 2.24) is 9.80 Å². The van der Waals surface area contributed by atoms with Gasteiger partial charge in [0.1, 0.15) is 11.4 Å². The largest absolute Gasteiger partial charge is 0.496 e. The van der Waals surface area contributed by atoms with Crippen molar-refractivity contribution < 1.29 is 19.1 Å².